The molecule has 0 heterocycles. The summed E-state index contributed by atoms with van der Waals surface area (Å²) >= 11 is 1.78. The van der Waals surface area contributed by atoms with Crippen LogP contribution in [0.5, 0.6) is 0 Å². The Balaban J connectivity index is 0.00000127. The Morgan fingerprint density at radius 3 is 2.30 bits per heavy atom. The molecule has 0 spiro atoms. The molecule has 2 aromatic rings. The molecule has 23 heavy (non-hydrogen) atoms. The summed E-state index contributed by atoms with van der Waals surface area (Å²) < 4.78 is 0. The molecule has 0 unspecified atom stereocenters. The molecule has 0 aliphatic rings. The van der Waals surface area contributed by atoms with Gasteiger partial charge in [0, 0.05) is 16.1 Å². The fraction of sp³-hybridized carbons (Fsp3) is 0.381. The fourth-order valence-corrected chi connectivity index (χ4v) is 3.18. The Kier molecular flexibility index (Phi) is 8.11. The predicted molar refractivity (Wildman–Crippen MR) is 102 cm³/mol. The third-order valence-corrected chi connectivity index (χ3v) is 4.97. The van der Waals surface area contributed by atoms with Gasteiger partial charge in [-0.3, -0.25) is 0 Å². The van der Waals surface area contributed by atoms with Gasteiger partial charge in [-0.25, -0.2) is 0 Å². The van der Waals surface area contributed by atoms with E-state index in [1.54, 1.807) is 11.8 Å². The highest BCUT2D eigenvalue weighted by atomic mass is 32.2. The maximum absolute atomic E-state index is 11.1. The summed E-state index contributed by atoms with van der Waals surface area (Å²) in [6, 6.07) is 17.1. The molecular weight excluding hydrogens is 300 g/mol. The van der Waals surface area contributed by atoms with Crippen LogP contribution in [0.1, 0.15) is 44.4 Å². The third-order valence-electron chi connectivity index (χ3n) is 3.37. The summed E-state index contributed by atoms with van der Waals surface area (Å²) in [6.07, 6.45) is 1.98. The molecule has 124 valence electrons. The molecule has 0 N–H and O–H groups in total. The summed E-state index contributed by atoms with van der Waals surface area (Å²) in [5.74, 6) is 0.807. The molecule has 0 bridgehead atoms. The number of aryl methyl sites for hydroxylation is 1. The lowest BCUT2D eigenvalue weighted by Crippen LogP contribution is -2.16. The second kappa shape index (κ2) is 9.57. The minimum atomic E-state index is -0.278. The maximum Gasteiger partial charge on any atom is 0.126 e. The van der Waals surface area contributed by atoms with Crippen LogP contribution in [-0.4, -0.2) is 12.0 Å². The first-order chi connectivity index (χ1) is 11.0. The van der Waals surface area contributed by atoms with Crippen molar-refractivity contribution < 1.29 is 4.79 Å². The van der Waals surface area contributed by atoms with Gasteiger partial charge in [-0.1, -0.05) is 75.7 Å². The Morgan fingerprint density at radius 2 is 1.70 bits per heavy atom. The van der Waals surface area contributed by atoms with E-state index in [1.165, 1.54) is 21.6 Å². The molecule has 0 aromatic heterocycles. The van der Waals surface area contributed by atoms with Crippen LogP contribution in [0.3, 0.4) is 0 Å². The SMILES string of the molecule is CC.Cc1ccc(SCC(C)(C)C=O)c(Cc2ccccc2)c1. The van der Waals surface area contributed by atoms with Crippen molar-refractivity contribution in [1.82, 2.24) is 0 Å². The summed E-state index contributed by atoms with van der Waals surface area (Å²) in [5, 5.41) is 0. The van der Waals surface area contributed by atoms with Crippen molar-refractivity contribution in [3.05, 3.63) is 65.2 Å². The topological polar surface area (TPSA) is 17.1 Å². The van der Waals surface area contributed by atoms with E-state index >= 15 is 0 Å². The van der Waals surface area contributed by atoms with Crippen molar-refractivity contribution in [1.29, 1.82) is 0 Å². The molecule has 0 amide bonds. The lowest BCUT2D eigenvalue weighted by molar-refractivity contribution is -0.113. The van der Waals surface area contributed by atoms with Gasteiger partial charge in [-0.15, -0.1) is 11.8 Å². The average molecular weight is 329 g/mol. The molecule has 0 fully saturated rings. The Hall–Kier alpha value is -1.54. The van der Waals surface area contributed by atoms with Gasteiger partial charge in [0.25, 0.3) is 0 Å². The zero-order chi connectivity index (χ0) is 17.3. The van der Waals surface area contributed by atoms with Crippen LogP contribution in [0.4, 0.5) is 0 Å². The number of benzene rings is 2. The van der Waals surface area contributed by atoms with Crippen molar-refractivity contribution in [2.75, 3.05) is 5.75 Å². The molecule has 2 heteroatoms. The highest BCUT2D eigenvalue weighted by Gasteiger charge is 2.17. The Labute approximate surface area is 145 Å². The summed E-state index contributed by atoms with van der Waals surface area (Å²) in [4.78, 5) is 12.3. The van der Waals surface area contributed by atoms with E-state index in [9.17, 15) is 4.79 Å². The quantitative estimate of drug-likeness (QED) is 0.483. The van der Waals surface area contributed by atoms with E-state index in [2.05, 4.69) is 49.4 Å². The molecule has 2 rings (SSSR count). The molecule has 0 aliphatic carbocycles. The summed E-state index contributed by atoms with van der Waals surface area (Å²) in [6.45, 7) is 10.1. The number of hydrogen-bond acceptors (Lipinski definition) is 2. The maximum atomic E-state index is 11.1. The zero-order valence-corrected chi connectivity index (χ0v) is 15.7. The predicted octanol–water partition coefficient (Wildman–Crippen LogP) is 5.93. The van der Waals surface area contributed by atoms with E-state index in [0.29, 0.717) is 0 Å². The molecule has 0 radical (unpaired) electrons. The van der Waals surface area contributed by atoms with Crippen molar-refractivity contribution in [2.24, 2.45) is 5.41 Å². The standard InChI is InChI=1S/C19H22OS.C2H6/c1-15-9-10-18(21-14-19(2,3)13-20)17(11-15)12-16-7-5-4-6-8-16;1-2/h4-11,13H,12,14H2,1-3H3;1-2H3. The van der Waals surface area contributed by atoms with Gasteiger partial charge in [0.15, 0.2) is 0 Å². The molecule has 0 aliphatic heterocycles. The third kappa shape index (κ3) is 6.62. The highest BCUT2D eigenvalue weighted by Crippen LogP contribution is 2.30. The van der Waals surface area contributed by atoms with Gasteiger partial charge in [0.05, 0.1) is 0 Å². The zero-order valence-electron chi connectivity index (χ0n) is 14.9. The average Bonchev–Trinajstić information content (AvgIpc) is 2.57. The van der Waals surface area contributed by atoms with E-state index in [-0.39, 0.29) is 5.41 Å². The second-order valence-corrected chi connectivity index (χ2v) is 7.19. The van der Waals surface area contributed by atoms with Crippen LogP contribution in [0.25, 0.3) is 0 Å². The van der Waals surface area contributed by atoms with Gasteiger partial charge >= 0.3 is 0 Å². The largest absolute Gasteiger partial charge is 0.303 e. The van der Waals surface area contributed by atoms with Crippen LogP contribution in [-0.2, 0) is 11.2 Å². The number of carbonyl (C=O) groups is 1. The molecule has 2 aromatic carbocycles. The minimum absolute atomic E-state index is 0.278. The van der Waals surface area contributed by atoms with Crippen LogP contribution in [0.15, 0.2) is 53.4 Å². The smallest absolute Gasteiger partial charge is 0.126 e. The first-order valence-corrected chi connectivity index (χ1v) is 9.21. The van der Waals surface area contributed by atoms with Gasteiger partial charge in [0.1, 0.15) is 6.29 Å². The molecule has 0 atom stereocenters. The monoisotopic (exact) mass is 328 g/mol. The van der Waals surface area contributed by atoms with Gasteiger partial charge in [-0.2, -0.15) is 0 Å². The Morgan fingerprint density at radius 1 is 1.04 bits per heavy atom. The van der Waals surface area contributed by atoms with Crippen LogP contribution >= 0.6 is 11.8 Å². The number of hydrogen-bond donors (Lipinski definition) is 0. The van der Waals surface area contributed by atoms with Crippen molar-refractivity contribution in [3.8, 4) is 0 Å². The second-order valence-electron chi connectivity index (χ2n) is 6.17. The Bertz CT molecular complexity index is 602. The van der Waals surface area contributed by atoms with E-state index in [0.717, 1.165) is 18.5 Å². The first-order valence-electron chi connectivity index (χ1n) is 8.23. The van der Waals surface area contributed by atoms with Gasteiger partial charge in [-0.05, 0) is 30.5 Å². The number of rotatable bonds is 6. The summed E-state index contributed by atoms with van der Waals surface area (Å²) in [5.41, 5.74) is 3.66. The lowest BCUT2D eigenvalue weighted by Gasteiger charge is -2.17. The van der Waals surface area contributed by atoms with Gasteiger partial charge < -0.3 is 4.79 Å². The molecule has 0 saturated heterocycles. The summed E-state index contributed by atoms with van der Waals surface area (Å²) in [7, 11) is 0. The van der Waals surface area contributed by atoms with Crippen LogP contribution in [0, 0.1) is 12.3 Å². The molecule has 1 nitrogen and oxygen atoms in total. The van der Waals surface area contributed by atoms with Gasteiger partial charge in [0.2, 0.25) is 0 Å². The van der Waals surface area contributed by atoms with E-state index < -0.39 is 0 Å². The van der Waals surface area contributed by atoms with Crippen LogP contribution in [0.2, 0.25) is 0 Å². The first kappa shape index (κ1) is 19.5. The minimum Gasteiger partial charge on any atom is -0.303 e. The lowest BCUT2D eigenvalue weighted by atomic mass is 10.00. The number of aldehydes is 1. The molecular formula is C21H28OS. The molecule has 0 saturated carbocycles. The van der Waals surface area contributed by atoms with Crippen molar-refractivity contribution >= 4 is 18.0 Å². The van der Waals surface area contributed by atoms with Crippen molar-refractivity contribution in [2.45, 2.75) is 45.9 Å². The number of thioether (sulfide) groups is 1. The van der Waals surface area contributed by atoms with Crippen LogP contribution < -0.4 is 0 Å². The van der Waals surface area contributed by atoms with Crippen molar-refractivity contribution in [3.63, 3.8) is 0 Å². The number of carbonyl (C=O) groups excluding carboxylic acids is 1. The highest BCUT2D eigenvalue weighted by molar-refractivity contribution is 7.99. The normalized spacial score (nSPS) is 10.7. The van der Waals surface area contributed by atoms with E-state index in [4.69, 9.17) is 0 Å². The fourth-order valence-electron chi connectivity index (χ4n) is 2.10. The van der Waals surface area contributed by atoms with E-state index in [1.807, 2.05) is 33.8 Å².